The molecule has 0 bridgehead atoms. The lowest BCUT2D eigenvalue weighted by Crippen LogP contribution is -2.27. The number of nitrogens with zero attached hydrogens (tertiary/aromatic N) is 1. The van der Waals surface area contributed by atoms with E-state index in [1.54, 1.807) is 23.5 Å². The Morgan fingerprint density at radius 2 is 2.09 bits per heavy atom. The smallest absolute Gasteiger partial charge is 0.123 e. The number of hydrogen-bond acceptors (Lipinski definition) is 3. The number of hydrogen-bond donors (Lipinski definition) is 2. The van der Waals surface area contributed by atoms with Gasteiger partial charge in [-0.15, -0.1) is 0 Å². The molecule has 2 aromatic heterocycles. The maximum absolute atomic E-state index is 13.0. The van der Waals surface area contributed by atoms with Gasteiger partial charge in [0.25, 0.3) is 0 Å². The molecule has 3 aromatic rings. The van der Waals surface area contributed by atoms with Crippen molar-refractivity contribution in [2.45, 2.75) is 25.9 Å². The lowest BCUT2D eigenvalue weighted by Gasteiger charge is -2.13. The molecule has 2 N–H and O–H groups in total. The highest BCUT2D eigenvalue weighted by atomic mass is 32.1. The number of aromatic nitrogens is 2. The largest absolute Gasteiger partial charge is 0.310 e. The third-order valence-electron chi connectivity index (χ3n) is 3.61. The first-order valence-electron chi connectivity index (χ1n) is 7.25. The Morgan fingerprint density at radius 3 is 2.82 bits per heavy atom. The summed E-state index contributed by atoms with van der Waals surface area (Å²) in [6.07, 6.45) is 2.83. The van der Waals surface area contributed by atoms with Crippen molar-refractivity contribution in [2.75, 3.05) is 0 Å². The second-order valence-corrected chi connectivity index (χ2v) is 6.17. The van der Waals surface area contributed by atoms with Crippen molar-refractivity contribution in [2.24, 2.45) is 0 Å². The standard InChI is InChI=1S/C17H18FN3S/c1-12(8-13-6-7-22-11-13)19-9-15-10-20-21-17(15)14-2-4-16(18)5-3-14/h2-7,10-12,19H,8-9H2,1H3,(H,20,21)/t12-/m0/s1. The summed E-state index contributed by atoms with van der Waals surface area (Å²) in [5, 5.41) is 14.9. The highest BCUT2D eigenvalue weighted by molar-refractivity contribution is 7.07. The average molecular weight is 315 g/mol. The molecule has 2 heterocycles. The second kappa shape index (κ2) is 6.85. The quantitative estimate of drug-likeness (QED) is 0.722. The van der Waals surface area contributed by atoms with Crippen molar-refractivity contribution in [1.82, 2.24) is 15.5 Å². The molecular formula is C17H18FN3S. The molecule has 0 aliphatic heterocycles. The van der Waals surface area contributed by atoms with Crippen molar-refractivity contribution in [3.63, 3.8) is 0 Å². The molecule has 0 aliphatic carbocycles. The molecule has 0 amide bonds. The van der Waals surface area contributed by atoms with E-state index in [1.807, 2.05) is 6.20 Å². The van der Waals surface area contributed by atoms with Crippen molar-refractivity contribution >= 4 is 11.3 Å². The minimum absolute atomic E-state index is 0.229. The molecule has 0 aliphatic rings. The molecule has 5 heteroatoms. The van der Waals surface area contributed by atoms with E-state index < -0.39 is 0 Å². The number of benzene rings is 1. The number of rotatable bonds is 6. The van der Waals surface area contributed by atoms with Gasteiger partial charge in [0.15, 0.2) is 0 Å². The summed E-state index contributed by atoms with van der Waals surface area (Å²) in [5.41, 5.74) is 4.33. The molecule has 0 spiro atoms. The summed E-state index contributed by atoms with van der Waals surface area (Å²) in [6, 6.07) is 9.00. The highest BCUT2D eigenvalue weighted by Crippen LogP contribution is 2.21. The summed E-state index contributed by atoms with van der Waals surface area (Å²) in [6.45, 7) is 2.91. The van der Waals surface area contributed by atoms with Crippen LogP contribution in [0.4, 0.5) is 4.39 Å². The van der Waals surface area contributed by atoms with Gasteiger partial charge in [-0.25, -0.2) is 4.39 Å². The monoisotopic (exact) mass is 315 g/mol. The van der Waals surface area contributed by atoms with Gasteiger partial charge in [-0.05, 0) is 60.0 Å². The van der Waals surface area contributed by atoms with E-state index in [4.69, 9.17) is 0 Å². The maximum Gasteiger partial charge on any atom is 0.123 e. The topological polar surface area (TPSA) is 40.7 Å². The van der Waals surface area contributed by atoms with Crippen LogP contribution in [0.15, 0.2) is 47.3 Å². The van der Waals surface area contributed by atoms with Crippen LogP contribution in [0.1, 0.15) is 18.1 Å². The van der Waals surface area contributed by atoms with E-state index >= 15 is 0 Å². The van der Waals surface area contributed by atoms with E-state index in [0.717, 1.165) is 29.8 Å². The van der Waals surface area contributed by atoms with Crippen molar-refractivity contribution in [3.05, 3.63) is 64.2 Å². The lowest BCUT2D eigenvalue weighted by atomic mass is 10.1. The van der Waals surface area contributed by atoms with Crippen LogP contribution in [0.2, 0.25) is 0 Å². The fraction of sp³-hybridized carbons (Fsp3) is 0.235. The Kier molecular flexibility index (Phi) is 4.65. The number of halogens is 1. The van der Waals surface area contributed by atoms with Gasteiger partial charge in [-0.3, -0.25) is 5.10 Å². The molecule has 114 valence electrons. The van der Waals surface area contributed by atoms with Crippen LogP contribution < -0.4 is 5.32 Å². The van der Waals surface area contributed by atoms with Crippen LogP contribution in [0, 0.1) is 5.82 Å². The molecule has 1 aromatic carbocycles. The first-order chi connectivity index (χ1) is 10.7. The summed E-state index contributed by atoms with van der Waals surface area (Å²) in [5.74, 6) is -0.229. The van der Waals surface area contributed by atoms with Crippen LogP contribution >= 0.6 is 11.3 Å². The zero-order valence-corrected chi connectivity index (χ0v) is 13.2. The predicted molar refractivity (Wildman–Crippen MR) is 88.3 cm³/mol. The summed E-state index contributed by atoms with van der Waals surface area (Å²) in [7, 11) is 0. The van der Waals surface area contributed by atoms with Crippen molar-refractivity contribution < 1.29 is 4.39 Å². The third kappa shape index (κ3) is 3.61. The first kappa shape index (κ1) is 14.9. The minimum atomic E-state index is -0.229. The third-order valence-corrected chi connectivity index (χ3v) is 4.35. The van der Waals surface area contributed by atoms with Crippen LogP contribution in [0.3, 0.4) is 0 Å². The van der Waals surface area contributed by atoms with Gasteiger partial charge in [0.2, 0.25) is 0 Å². The van der Waals surface area contributed by atoms with Crippen molar-refractivity contribution in [3.8, 4) is 11.3 Å². The van der Waals surface area contributed by atoms with Gasteiger partial charge in [0.05, 0.1) is 11.9 Å². The molecule has 0 saturated heterocycles. The maximum atomic E-state index is 13.0. The van der Waals surface area contributed by atoms with E-state index in [2.05, 4.69) is 39.3 Å². The highest BCUT2D eigenvalue weighted by Gasteiger charge is 2.10. The number of aromatic amines is 1. The van der Waals surface area contributed by atoms with E-state index in [9.17, 15) is 4.39 Å². The van der Waals surface area contributed by atoms with Crippen LogP contribution in [-0.2, 0) is 13.0 Å². The minimum Gasteiger partial charge on any atom is -0.310 e. The van der Waals surface area contributed by atoms with E-state index in [-0.39, 0.29) is 5.82 Å². The molecular weight excluding hydrogens is 297 g/mol. The van der Waals surface area contributed by atoms with Gasteiger partial charge in [-0.2, -0.15) is 16.4 Å². The van der Waals surface area contributed by atoms with E-state index in [1.165, 1.54) is 17.7 Å². The number of H-pyrrole nitrogens is 1. The number of nitrogens with one attached hydrogen (secondary N) is 2. The molecule has 0 fully saturated rings. The normalized spacial score (nSPS) is 12.5. The zero-order chi connectivity index (χ0) is 15.4. The summed E-state index contributed by atoms with van der Waals surface area (Å²) < 4.78 is 13.0. The Balaban J connectivity index is 1.64. The molecule has 3 rings (SSSR count). The Labute approximate surface area is 133 Å². The SMILES string of the molecule is C[C@@H](Cc1ccsc1)NCc1cn[nH]c1-c1ccc(F)cc1. The second-order valence-electron chi connectivity index (χ2n) is 5.39. The molecule has 3 nitrogen and oxygen atoms in total. The van der Waals surface area contributed by atoms with Crippen molar-refractivity contribution in [1.29, 1.82) is 0 Å². The fourth-order valence-corrected chi connectivity index (χ4v) is 3.11. The molecule has 1 atom stereocenters. The molecule has 0 radical (unpaired) electrons. The number of thiophene rings is 1. The Bertz CT molecular complexity index is 704. The van der Waals surface area contributed by atoms with Gasteiger partial charge in [0.1, 0.15) is 5.82 Å². The average Bonchev–Trinajstić information content (AvgIpc) is 3.17. The predicted octanol–water partition coefficient (Wildman–Crippen LogP) is 4.00. The summed E-state index contributed by atoms with van der Waals surface area (Å²) in [4.78, 5) is 0. The molecule has 0 unspecified atom stereocenters. The lowest BCUT2D eigenvalue weighted by molar-refractivity contribution is 0.546. The molecule has 0 saturated carbocycles. The van der Waals surface area contributed by atoms with Gasteiger partial charge in [-0.1, -0.05) is 0 Å². The van der Waals surface area contributed by atoms with Crippen LogP contribution in [0.25, 0.3) is 11.3 Å². The Morgan fingerprint density at radius 1 is 1.27 bits per heavy atom. The van der Waals surface area contributed by atoms with Gasteiger partial charge in [0, 0.05) is 23.7 Å². The van der Waals surface area contributed by atoms with Gasteiger partial charge < -0.3 is 5.32 Å². The zero-order valence-electron chi connectivity index (χ0n) is 12.3. The fourth-order valence-electron chi connectivity index (χ4n) is 2.43. The van der Waals surface area contributed by atoms with Crippen LogP contribution in [-0.4, -0.2) is 16.2 Å². The first-order valence-corrected chi connectivity index (χ1v) is 8.19. The summed E-state index contributed by atoms with van der Waals surface area (Å²) >= 11 is 1.72. The van der Waals surface area contributed by atoms with Gasteiger partial charge >= 0.3 is 0 Å². The molecule has 22 heavy (non-hydrogen) atoms. The van der Waals surface area contributed by atoms with E-state index in [0.29, 0.717) is 6.04 Å². The van der Waals surface area contributed by atoms with Crippen LogP contribution in [0.5, 0.6) is 0 Å². The Hall–Kier alpha value is -1.98.